The Kier molecular flexibility index (Phi) is 4.06. The number of nitrogens with zero attached hydrogens (tertiary/aromatic N) is 5. The van der Waals surface area contributed by atoms with E-state index in [1.807, 2.05) is 35.7 Å². The van der Waals surface area contributed by atoms with Crippen molar-refractivity contribution in [3.05, 3.63) is 59.6 Å². The predicted octanol–water partition coefficient (Wildman–Crippen LogP) is 4.55. The lowest BCUT2D eigenvalue weighted by molar-refractivity contribution is 0.391. The Morgan fingerprint density at radius 1 is 1.12 bits per heavy atom. The Bertz CT molecular complexity index is 1010. The molecule has 0 N–H and O–H groups in total. The van der Waals surface area contributed by atoms with Crippen molar-refractivity contribution >= 4 is 23.1 Å². The summed E-state index contributed by atoms with van der Waals surface area (Å²) in [6.07, 6.45) is 2.37. The minimum Gasteiger partial charge on any atom is -0.338 e. The van der Waals surface area contributed by atoms with Gasteiger partial charge in [0.1, 0.15) is 5.82 Å². The summed E-state index contributed by atoms with van der Waals surface area (Å²) in [7, 11) is 0. The average Bonchev–Trinajstić information content (AvgIpc) is 3.08. The van der Waals surface area contributed by atoms with Gasteiger partial charge in [0.05, 0.1) is 10.6 Å². The van der Waals surface area contributed by atoms with Gasteiger partial charge in [0.25, 0.3) is 0 Å². The second kappa shape index (κ2) is 6.69. The zero-order chi connectivity index (χ0) is 17.3. The number of aromatic nitrogens is 5. The first-order valence-corrected chi connectivity index (χ1v) is 10.2. The summed E-state index contributed by atoms with van der Waals surface area (Å²) in [5.74, 6) is 3.36. The van der Waals surface area contributed by atoms with Crippen molar-refractivity contribution < 1.29 is 4.52 Å². The second-order valence-electron chi connectivity index (χ2n) is 6.06. The topological polar surface area (TPSA) is 69.6 Å². The summed E-state index contributed by atoms with van der Waals surface area (Å²) in [6.45, 7) is 0. The van der Waals surface area contributed by atoms with Crippen molar-refractivity contribution in [1.82, 2.24) is 24.9 Å². The molecule has 0 saturated heterocycles. The monoisotopic (exact) mass is 381 g/mol. The van der Waals surface area contributed by atoms with Crippen LogP contribution in [0.1, 0.15) is 30.5 Å². The van der Waals surface area contributed by atoms with Gasteiger partial charge in [0, 0.05) is 11.6 Å². The van der Waals surface area contributed by atoms with Crippen LogP contribution in [0.5, 0.6) is 0 Å². The summed E-state index contributed by atoms with van der Waals surface area (Å²) in [5, 5.41) is 15.8. The van der Waals surface area contributed by atoms with Crippen molar-refractivity contribution in [3.8, 4) is 16.4 Å². The van der Waals surface area contributed by atoms with Crippen molar-refractivity contribution in [2.24, 2.45) is 0 Å². The number of benzene rings is 1. The van der Waals surface area contributed by atoms with Crippen LogP contribution in [0.4, 0.5) is 0 Å². The van der Waals surface area contributed by atoms with E-state index < -0.39 is 0 Å². The van der Waals surface area contributed by atoms with E-state index in [9.17, 15) is 0 Å². The Morgan fingerprint density at radius 2 is 2.00 bits per heavy atom. The second-order valence-corrected chi connectivity index (χ2v) is 7.95. The summed E-state index contributed by atoms with van der Waals surface area (Å²) in [6, 6.07) is 14.2. The predicted molar refractivity (Wildman–Crippen MR) is 101 cm³/mol. The molecule has 1 aromatic carbocycles. The number of thioether (sulfide) groups is 1. The SMILES string of the molecule is c1ccc(-n2c(SCc3nc(-c4cccs4)no3)nnc2C2CC2)cc1. The summed E-state index contributed by atoms with van der Waals surface area (Å²) in [5.41, 5.74) is 1.09. The van der Waals surface area contributed by atoms with Gasteiger partial charge in [0.2, 0.25) is 11.7 Å². The summed E-state index contributed by atoms with van der Waals surface area (Å²) >= 11 is 3.17. The van der Waals surface area contributed by atoms with Gasteiger partial charge in [0.15, 0.2) is 5.16 Å². The van der Waals surface area contributed by atoms with Gasteiger partial charge in [-0.2, -0.15) is 4.98 Å². The van der Waals surface area contributed by atoms with Crippen molar-refractivity contribution in [2.45, 2.75) is 29.7 Å². The molecule has 1 aliphatic rings. The zero-order valence-corrected chi connectivity index (χ0v) is 15.4. The first-order valence-electron chi connectivity index (χ1n) is 8.38. The smallest absolute Gasteiger partial charge is 0.237 e. The molecule has 8 heteroatoms. The lowest BCUT2D eigenvalue weighted by Gasteiger charge is -2.08. The number of thiophene rings is 1. The van der Waals surface area contributed by atoms with E-state index in [4.69, 9.17) is 4.52 Å². The van der Waals surface area contributed by atoms with Crippen LogP contribution < -0.4 is 0 Å². The van der Waals surface area contributed by atoms with Crippen LogP contribution in [0.2, 0.25) is 0 Å². The lowest BCUT2D eigenvalue weighted by atomic mass is 10.3. The molecule has 0 atom stereocenters. The molecule has 0 aliphatic heterocycles. The quantitative estimate of drug-likeness (QED) is 0.456. The van der Waals surface area contributed by atoms with Crippen LogP contribution >= 0.6 is 23.1 Å². The molecule has 1 fully saturated rings. The maximum absolute atomic E-state index is 5.39. The molecule has 0 radical (unpaired) electrons. The van der Waals surface area contributed by atoms with Crippen molar-refractivity contribution in [1.29, 1.82) is 0 Å². The highest BCUT2D eigenvalue weighted by atomic mass is 32.2. The van der Waals surface area contributed by atoms with E-state index >= 15 is 0 Å². The molecule has 0 unspecified atom stereocenters. The van der Waals surface area contributed by atoms with Gasteiger partial charge in [-0.05, 0) is 36.4 Å². The molecule has 130 valence electrons. The van der Waals surface area contributed by atoms with Crippen LogP contribution in [0.15, 0.2) is 57.5 Å². The molecule has 1 aliphatic carbocycles. The van der Waals surface area contributed by atoms with Gasteiger partial charge in [-0.15, -0.1) is 21.5 Å². The largest absolute Gasteiger partial charge is 0.338 e. The number of para-hydroxylation sites is 1. The number of rotatable bonds is 6. The fraction of sp³-hybridized carbons (Fsp3) is 0.222. The van der Waals surface area contributed by atoms with E-state index in [1.54, 1.807) is 23.1 Å². The van der Waals surface area contributed by atoms with E-state index in [-0.39, 0.29) is 0 Å². The molecule has 6 nitrogen and oxygen atoms in total. The fourth-order valence-electron chi connectivity index (χ4n) is 2.75. The Labute approximate surface area is 158 Å². The van der Waals surface area contributed by atoms with Gasteiger partial charge < -0.3 is 4.52 Å². The van der Waals surface area contributed by atoms with Gasteiger partial charge in [-0.1, -0.05) is 41.2 Å². The van der Waals surface area contributed by atoms with Gasteiger partial charge >= 0.3 is 0 Å². The van der Waals surface area contributed by atoms with Crippen LogP contribution in [0.25, 0.3) is 16.4 Å². The molecule has 3 aromatic heterocycles. The molecule has 1 saturated carbocycles. The highest BCUT2D eigenvalue weighted by Crippen LogP contribution is 2.41. The van der Waals surface area contributed by atoms with E-state index in [0.29, 0.717) is 23.4 Å². The maximum Gasteiger partial charge on any atom is 0.237 e. The van der Waals surface area contributed by atoms with Gasteiger partial charge in [-0.3, -0.25) is 4.57 Å². The highest BCUT2D eigenvalue weighted by molar-refractivity contribution is 7.98. The third kappa shape index (κ3) is 3.06. The third-order valence-electron chi connectivity index (χ3n) is 4.15. The molecule has 5 rings (SSSR count). The average molecular weight is 381 g/mol. The molecule has 0 amide bonds. The summed E-state index contributed by atoms with van der Waals surface area (Å²) in [4.78, 5) is 5.49. The van der Waals surface area contributed by atoms with E-state index in [0.717, 1.165) is 21.5 Å². The highest BCUT2D eigenvalue weighted by Gasteiger charge is 2.31. The molecular formula is C18H15N5OS2. The van der Waals surface area contributed by atoms with Crippen molar-refractivity contribution in [2.75, 3.05) is 0 Å². The first-order chi connectivity index (χ1) is 12.9. The zero-order valence-electron chi connectivity index (χ0n) is 13.8. The third-order valence-corrected chi connectivity index (χ3v) is 5.93. The molecule has 0 spiro atoms. The Hall–Kier alpha value is -2.45. The Balaban J connectivity index is 1.39. The lowest BCUT2D eigenvalue weighted by Crippen LogP contribution is -2.01. The number of hydrogen-bond acceptors (Lipinski definition) is 7. The normalized spacial score (nSPS) is 14.0. The minimum absolute atomic E-state index is 0.519. The maximum atomic E-state index is 5.39. The van der Waals surface area contributed by atoms with Gasteiger partial charge in [-0.25, -0.2) is 0 Å². The Morgan fingerprint density at radius 3 is 2.77 bits per heavy atom. The molecule has 3 heterocycles. The number of hydrogen-bond donors (Lipinski definition) is 0. The standard InChI is InChI=1S/C18H15N5OS2/c1-2-5-13(6-3-1)23-17(12-8-9-12)20-21-18(23)26-11-15-19-16(22-24-15)14-7-4-10-25-14/h1-7,10,12H,8-9,11H2. The van der Waals surface area contributed by atoms with Crippen LogP contribution in [0.3, 0.4) is 0 Å². The van der Waals surface area contributed by atoms with E-state index in [1.165, 1.54) is 12.8 Å². The first kappa shape index (κ1) is 15.8. The van der Waals surface area contributed by atoms with Crippen molar-refractivity contribution in [3.63, 3.8) is 0 Å². The van der Waals surface area contributed by atoms with E-state index in [2.05, 4.69) is 37.0 Å². The van der Waals surface area contributed by atoms with Crippen LogP contribution in [0, 0.1) is 0 Å². The van der Waals surface area contributed by atoms with Crippen LogP contribution in [-0.2, 0) is 5.75 Å². The molecule has 0 bridgehead atoms. The van der Waals surface area contributed by atoms with Crippen LogP contribution in [-0.4, -0.2) is 24.9 Å². The fourth-order valence-corrected chi connectivity index (χ4v) is 4.19. The summed E-state index contributed by atoms with van der Waals surface area (Å²) < 4.78 is 7.54. The molecule has 26 heavy (non-hydrogen) atoms. The molecular weight excluding hydrogens is 366 g/mol. The minimum atomic E-state index is 0.519. The molecule has 4 aromatic rings.